The topological polar surface area (TPSA) is 115 Å². The summed E-state index contributed by atoms with van der Waals surface area (Å²) < 4.78 is 4.72. The number of amides is 1. The third kappa shape index (κ3) is 3.31. The monoisotopic (exact) mass is 330 g/mol. The minimum absolute atomic E-state index is 0.0636. The standard InChI is InChI=1S/C16H18N4O4/c1-18-13-4-3-11(7-10(13)8-17)19-14-12(16(23)24-2)9-20(5-6-21)15(14)22/h3-4,7,18-19,21H,5-6,9H2,1-2H3. The molecule has 8 nitrogen and oxygen atoms in total. The van der Waals surface area contributed by atoms with E-state index < -0.39 is 11.9 Å². The Hall–Kier alpha value is -3.05. The highest BCUT2D eigenvalue weighted by molar-refractivity contribution is 6.08. The van der Waals surface area contributed by atoms with Crippen LogP contribution in [0.25, 0.3) is 0 Å². The van der Waals surface area contributed by atoms with Gasteiger partial charge in [0.1, 0.15) is 11.8 Å². The maximum atomic E-state index is 12.4. The highest BCUT2D eigenvalue weighted by atomic mass is 16.5. The normalized spacial score (nSPS) is 13.8. The molecule has 0 atom stereocenters. The van der Waals surface area contributed by atoms with Gasteiger partial charge in [-0.2, -0.15) is 5.26 Å². The first kappa shape index (κ1) is 17.3. The molecule has 0 radical (unpaired) electrons. The molecule has 0 aromatic heterocycles. The van der Waals surface area contributed by atoms with Gasteiger partial charge < -0.3 is 25.4 Å². The fourth-order valence-electron chi connectivity index (χ4n) is 2.43. The molecule has 2 rings (SSSR count). The number of benzene rings is 1. The number of aliphatic hydroxyl groups is 1. The Morgan fingerprint density at radius 3 is 2.83 bits per heavy atom. The van der Waals surface area contributed by atoms with E-state index in [1.807, 2.05) is 0 Å². The molecule has 1 amide bonds. The van der Waals surface area contributed by atoms with Gasteiger partial charge in [-0.25, -0.2) is 4.79 Å². The average Bonchev–Trinajstić information content (AvgIpc) is 2.91. The summed E-state index contributed by atoms with van der Waals surface area (Å²) in [5, 5.41) is 24.0. The summed E-state index contributed by atoms with van der Waals surface area (Å²) in [6.07, 6.45) is 0. The SMILES string of the molecule is CNc1ccc(NC2=C(C(=O)OC)CN(CCO)C2=O)cc1C#N. The molecule has 24 heavy (non-hydrogen) atoms. The highest BCUT2D eigenvalue weighted by Crippen LogP contribution is 2.25. The van der Waals surface area contributed by atoms with Crippen LogP contribution in [0.2, 0.25) is 0 Å². The van der Waals surface area contributed by atoms with Gasteiger partial charge in [0.2, 0.25) is 0 Å². The van der Waals surface area contributed by atoms with Crippen molar-refractivity contribution in [1.29, 1.82) is 5.26 Å². The highest BCUT2D eigenvalue weighted by Gasteiger charge is 2.34. The number of nitriles is 1. The van der Waals surface area contributed by atoms with Gasteiger partial charge in [0.05, 0.1) is 37.1 Å². The summed E-state index contributed by atoms with van der Waals surface area (Å²) >= 11 is 0. The van der Waals surface area contributed by atoms with Crippen molar-refractivity contribution < 1.29 is 19.4 Å². The van der Waals surface area contributed by atoms with E-state index in [1.54, 1.807) is 25.2 Å². The molecule has 126 valence electrons. The number of rotatable bonds is 6. The molecule has 0 saturated heterocycles. The van der Waals surface area contributed by atoms with Crippen LogP contribution in [0.3, 0.4) is 0 Å². The smallest absolute Gasteiger partial charge is 0.337 e. The first-order chi connectivity index (χ1) is 11.5. The Bertz CT molecular complexity index is 736. The molecule has 0 saturated carbocycles. The second-order valence-electron chi connectivity index (χ2n) is 5.04. The molecule has 8 heteroatoms. The van der Waals surface area contributed by atoms with Crippen LogP contribution in [-0.4, -0.2) is 55.7 Å². The van der Waals surface area contributed by atoms with E-state index in [0.717, 1.165) is 0 Å². The minimum atomic E-state index is -0.612. The van der Waals surface area contributed by atoms with Gasteiger partial charge in [0.15, 0.2) is 0 Å². The summed E-state index contributed by atoms with van der Waals surface area (Å²) in [5.41, 5.74) is 1.84. The fraction of sp³-hybridized carbons (Fsp3) is 0.312. The number of β-amino-alcohol motifs (C(OH)–C–C–N with tert-alkyl or cyclic N) is 1. The number of hydrogen-bond donors (Lipinski definition) is 3. The van der Waals surface area contributed by atoms with E-state index in [-0.39, 0.29) is 31.0 Å². The molecule has 0 spiro atoms. The molecule has 1 heterocycles. The zero-order chi connectivity index (χ0) is 17.7. The lowest BCUT2D eigenvalue weighted by Crippen LogP contribution is -2.31. The Kier molecular flexibility index (Phi) is 5.39. The van der Waals surface area contributed by atoms with E-state index in [9.17, 15) is 14.9 Å². The van der Waals surface area contributed by atoms with Crippen LogP contribution in [0.5, 0.6) is 0 Å². The van der Waals surface area contributed by atoms with Crippen molar-refractivity contribution in [3.63, 3.8) is 0 Å². The predicted molar refractivity (Wildman–Crippen MR) is 87.0 cm³/mol. The van der Waals surface area contributed by atoms with E-state index in [4.69, 9.17) is 9.84 Å². The maximum Gasteiger partial charge on any atom is 0.337 e. The molecule has 0 aliphatic carbocycles. The summed E-state index contributed by atoms with van der Waals surface area (Å²) in [7, 11) is 2.94. The average molecular weight is 330 g/mol. The molecular formula is C16H18N4O4. The van der Waals surface area contributed by atoms with Crippen LogP contribution >= 0.6 is 0 Å². The molecule has 1 aliphatic heterocycles. The number of nitrogens with one attached hydrogen (secondary N) is 2. The lowest BCUT2D eigenvalue weighted by molar-refractivity contribution is -0.136. The third-order valence-electron chi connectivity index (χ3n) is 3.63. The molecule has 1 aromatic carbocycles. The maximum absolute atomic E-state index is 12.4. The van der Waals surface area contributed by atoms with Crippen LogP contribution in [0.4, 0.5) is 11.4 Å². The Labute approximate surface area is 139 Å². The van der Waals surface area contributed by atoms with Gasteiger partial charge in [-0.05, 0) is 18.2 Å². The van der Waals surface area contributed by atoms with Gasteiger partial charge in [0, 0.05) is 19.3 Å². The number of anilines is 2. The van der Waals surface area contributed by atoms with Crippen molar-refractivity contribution in [2.75, 3.05) is 44.5 Å². The first-order valence-corrected chi connectivity index (χ1v) is 7.26. The van der Waals surface area contributed by atoms with Gasteiger partial charge in [0.25, 0.3) is 5.91 Å². The van der Waals surface area contributed by atoms with Gasteiger partial charge in [-0.1, -0.05) is 0 Å². The van der Waals surface area contributed by atoms with Crippen LogP contribution in [-0.2, 0) is 14.3 Å². The number of aliphatic hydroxyl groups excluding tert-OH is 1. The van der Waals surface area contributed by atoms with Crippen LogP contribution in [0.1, 0.15) is 5.56 Å². The summed E-state index contributed by atoms with van der Waals surface area (Å²) in [6, 6.07) is 7.03. The van der Waals surface area contributed by atoms with Crippen molar-refractivity contribution in [3.8, 4) is 6.07 Å². The second-order valence-corrected chi connectivity index (χ2v) is 5.04. The second kappa shape index (κ2) is 7.48. The van der Waals surface area contributed by atoms with Crippen LogP contribution in [0.15, 0.2) is 29.5 Å². The van der Waals surface area contributed by atoms with E-state index in [0.29, 0.717) is 16.9 Å². The summed E-state index contributed by atoms with van der Waals surface area (Å²) in [5.74, 6) is -1.01. The zero-order valence-electron chi connectivity index (χ0n) is 13.4. The lowest BCUT2D eigenvalue weighted by Gasteiger charge is -2.15. The summed E-state index contributed by atoms with van der Waals surface area (Å²) in [4.78, 5) is 25.7. The van der Waals surface area contributed by atoms with Crippen molar-refractivity contribution in [3.05, 3.63) is 35.0 Å². The number of ether oxygens (including phenoxy) is 1. The number of hydrogen-bond acceptors (Lipinski definition) is 7. The number of carbonyl (C=O) groups is 2. The molecule has 0 unspecified atom stereocenters. The van der Waals surface area contributed by atoms with Gasteiger partial charge in [-0.3, -0.25) is 4.79 Å². The Morgan fingerprint density at radius 2 is 2.25 bits per heavy atom. The first-order valence-electron chi connectivity index (χ1n) is 7.26. The predicted octanol–water partition coefficient (Wildman–Crippen LogP) is 0.273. The van der Waals surface area contributed by atoms with Crippen LogP contribution < -0.4 is 10.6 Å². The number of methoxy groups -OCH3 is 1. The summed E-state index contributed by atoms with van der Waals surface area (Å²) in [6.45, 7) is -0.0241. The molecule has 1 aliphatic rings. The Balaban J connectivity index is 2.35. The molecule has 0 fully saturated rings. The van der Waals surface area contributed by atoms with E-state index in [2.05, 4.69) is 16.7 Å². The van der Waals surface area contributed by atoms with Crippen LogP contribution in [0, 0.1) is 11.3 Å². The third-order valence-corrected chi connectivity index (χ3v) is 3.63. The largest absolute Gasteiger partial charge is 0.466 e. The number of esters is 1. The number of nitrogens with zero attached hydrogens (tertiary/aromatic N) is 2. The van der Waals surface area contributed by atoms with Gasteiger partial charge >= 0.3 is 5.97 Å². The lowest BCUT2D eigenvalue weighted by atomic mass is 10.1. The van der Waals surface area contributed by atoms with E-state index >= 15 is 0 Å². The minimum Gasteiger partial charge on any atom is -0.466 e. The van der Waals surface area contributed by atoms with E-state index in [1.165, 1.54) is 12.0 Å². The molecule has 3 N–H and O–H groups in total. The molecule has 0 bridgehead atoms. The zero-order valence-corrected chi connectivity index (χ0v) is 13.4. The fourth-order valence-corrected chi connectivity index (χ4v) is 2.43. The van der Waals surface area contributed by atoms with Crippen molar-refractivity contribution in [1.82, 2.24) is 4.90 Å². The Morgan fingerprint density at radius 1 is 1.50 bits per heavy atom. The number of carbonyl (C=O) groups excluding carboxylic acids is 2. The van der Waals surface area contributed by atoms with Gasteiger partial charge in [-0.15, -0.1) is 0 Å². The van der Waals surface area contributed by atoms with Crippen molar-refractivity contribution >= 4 is 23.3 Å². The molecule has 1 aromatic rings. The van der Waals surface area contributed by atoms with Crippen molar-refractivity contribution in [2.45, 2.75) is 0 Å². The quantitative estimate of drug-likeness (QED) is 0.642. The molecular weight excluding hydrogens is 312 g/mol. The van der Waals surface area contributed by atoms with Crippen molar-refractivity contribution in [2.24, 2.45) is 0 Å².